The highest BCUT2D eigenvalue weighted by atomic mass is 35.5. The highest BCUT2D eigenvalue weighted by molar-refractivity contribution is 6.39. The Morgan fingerprint density at radius 1 is 0.667 bits per heavy atom. The van der Waals surface area contributed by atoms with Crippen LogP contribution in [0, 0.1) is 11.6 Å². The van der Waals surface area contributed by atoms with Crippen molar-refractivity contribution >= 4 is 23.2 Å². The molecule has 222 valence electrons. The van der Waals surface area contributed by atoms with Gasteiger partial charge in [-0.15, -0.1) is 0 Å². The Morgan fingerprint density at radius 2 is 1.07 bits per heavy atom. The van der Waals surface area contributed by atoms with E-state index in [1.54, 1.807) is 24.3 Å². The second kappa shape index (κ2) is 14.7. The van der Waals surface area contributed by atoms with Gasteiger partial charge < -0.3 is 30.3 Å². The average molecular weight is 619 g/mol. The molecule has 0 aliphatic carbocycles. The molecule has 0 bridgehead atoms. The number of rotatable bonds is 13. The van der Waals surface area contributed by atoms with Crippen molar-refractivity contribution in [1.29, 1.82) is 0 Å². The molecular weight excluding hydrogens is 589 g/mol. The van der Waals surface area contributed by atoms with E-state index < -0.39 is 11.6 Å². The molecule has 0 atom stereocenters. The Morgan fingerprint density at radius 3 is 1.43 bits per heavy atom. The molecule has 12 heteroatoms. The topological polar surface area (TPSA) is 109 Å². The van der Waals surface area contributed by atoms with Crippen LogP contribution in [0.4, 0.5) is 8.78 Å². The van der Waals surface area contributed by atoms with Crippen molar-refractivity contribution in [3.05, 3.63) is 81.3 Å². The van der Waals surface area contributed by atoms with E-state index in [0.717, 1.165) is 11.1 Å². The Balaban J connectivity index is 1.78. The third-order valence-electron chi connectivity index (χ3n) is 6.46. The van der Waals surface area contributed by atoms with Gasteiger partial charge in [0.2, 0.25) is 11.8 Å². The van der Waals surface area contributed by atoms with E-state index in [2.05, 4.69) is 20.6 Å². The van der Waals surface area contributed by atoms with Crippen LogP contribution in [-0.2, 0) is 13.1 Å². The van der Waals surface area contributed by atoms with Crippen LogP contribution in [0.2, 0.25) is 10.0 Å². The van der Waals surface area contributed by atoms with E-state index in [9.17, 15) is 0 Å². The van der Waals surface area contributed by atoms with E-state index in [0.29, 0.717) is 60.5 Å². The minimum atomic E-state index is -0.769. The van der Waals surface area contributed by atoms with Crippen molar-refractivity contribution in [3.63, 3.8) is 0 Å². The van der Waals surface area contributed by atoms with Gasteiger partial charge in [0, 0.05) is 59.6 Å². The van der Waals surface area contributed by atoms with Gasteiger partial charge >= 0.3 is 0 Å². The molecule has 42 heavy (non-hydrogen) atoms. The molecule has 0 unspecified atom stereocenters. The number of nitrogens with one attached hydrogen (secondary N) is 2. The largest absolute Gasteiger partial charge is 0.481 e. The van der Waals surface area contributed by atoms with Gasteiger partial charge in [0.25, 0.3) is 0 Å². The Kier molecular flexibility index (Phi) is 11.0. The van der Waals surface area contributed by atoms with E-state index in [1.165, 1.54) is 38.5 Å². The van der Waals surface area contributed by atoms with Crippen LogP contribution in [0.25, 0.3) is 33.6 Å². The number of halogens is 4. The zero-order chi connectivity index (χ0) is 30.2. The molecule has 2 heterocycles. The molecule has 4 N–H and O–H groups in total. The van der Waals surface area contributed by atoms with Gasteiger partial charge in [-0.25, -0.2) is 18.7 Å². The van der Waals surface area contributed by atoms with Crippen molar-refractivity contribution in [2.24, 2.45) is 0 Å². The second-order valence-electron chi connectivity index (χ2n) is 9.10. The van der Waals surface area contributed by atoms with E-state index in [4.69, 9.17) is 42.9 Å². The number of hydrogen-bond acceptors (Lipinski definition) is 8. The summed E-state index contributed by atoms with van der Waals surface area (Å²) in [5, 5.41) is 24.0. The van der Waals surface area contributed by atoms with Crippen LogP contribution in [0.5, 0.6) is 11.8 Å². The quantitative estimate of drug-likeness (QED) is 0.151. The first kappa shape index (κ1) is 31.6. The van der Waals surface area contributed by atoms with Crippen LogP contribution in [0.3, 0.4) is 0 Å². The lowest BCUT2D eigenvalue weighted by atomic mass is 9.97. The number of ether oxygens (including phenoxy) is 2. The number of aliphatic hydroxyl groups excluding tert-OH is 2. The van der Waals surface area contributed by atoms with E-state index in [1.807, 2.05) is 0 Å². The summed E-state index contributed by atoms with van der Waals surface area (Å²) in [6.45, 7) is 1.59. The van der Waals surface area contributed by atoms with Crippen molar-refractivity contribution in [1.82, 2.24) is 20.6 Å². The van der Waals surface area contributed by atoms with E-state index >= 15 is 8.78 Å². The Bertz CT molecular complexity index is 1440. The first-order chi connectivity index (χ1) is 20.3. The van der Waals surface area contributed by atoms with Crippen LogP contribution in [0.1, 0.15) is 11.1 Å². The molecule has 0 aliphatic heterocycles. The first-order valence-corrected chi connectivity index (χ1v) is 13.8. The fourth-order valence-electron chi connectivity index (χ4n) is 4.42. The zero-order valence-electron chi connectivity index (χ0n) is 23.0. The molecule has 0 fully saturated rings. The van der Waals surface area contributed by atoms with Gasteiger partial charge in [-0.3, -0.25) is 0 Å². The van der Waals surface area contributed by atoms with Gasteiger partial charge in [-0.2, -0.15) is 0 Å². The molecule has 2 aromatic heterocycles. The minimum Gasteiger partial charge on any atom is -0.481 e. The standard InChI is InChI=1S/C30H30Cl2F2N4O4/c1-41-29-17(15-35-11-13-39)3-9-23(37-29)19-5-7-21(33)25(27(19)31)26-22(34)8-6-20(28(26)32)24-10-4-18(16-36-12-14-40)30(38-24)42-2/h3-10,35-36,39-40H,11-16H2,1-2H3. The molecule has 4 aromatic rings. The van der Waals surface area contributed by atoms with Crippen LogP contribution >= 0.6 is 23.2 Å². The number of hydrogen-bond donors (Lipinski definition) is 4. The molecule has 0 radical (unpaired) electrons. The van der Waals surface area contributed by atoms with Gasteiger partial charge in [0.15, 0.2) is 0 Å². The summed E-state index contributed by atoms with van der Waals surface area (Å²) in [4.78, 5) is 9.06. The molecule has 0 aliphatic rings. The summed E-state index contributed by atoms with van der Waals surface area (Å²) in [5.41, 5.74) is 2.51. The molecule has 0 spiro atoms. The normalized spacial score (nSPS) is 11.1. The SMILES string of the molecule is COc1nc(-c2ccc(F)c(-c3c(F)ccc(-c4ccc(CNCCO)c(OC)n4)c3Cl)c2Cl)ccc1CNCCO. The number of pyridine rings is 2. The summed E-state index contributed by atoms with van der Waals surface area (Å²) >= 11 is 13.5. The number of aromatic nitrogens is 2. The monoisotopic (exact) mass is 618 g/mol. The van der Waals surface area contributed by atoms with Crippen molar-refractivity contribution < 1.29 is 28.5 Å². The highest BCUT2D eigenvalue weighted by Gasteiger charge is 2.24. The number of nitrogens with zero attached hydrogens (tertiary/aromatic N) is 2. The summed E-state index contributed by atoms with van der Waals surface area (Å²) in [7, 11) is 2.95. The summed E-state index contributed by atoms with van der Waals surface area (Å²) < 4.78 is 41.6. The van der Waals surface area contributed by atoms with Gasteiger partial charge in [-0.05, 0) is 36.4 Å². The molecular formula is C30H30Cl2F2N4O4. The molecule has 0 saturated carbocycles. The smallest absolute Gasteiger partial charge is 0.218 e. The number of methoxy groups -OCH3 is 2. The predicted octanol–water partition coefficient (Wildman–Crippen LogP) is 5.24. The lowest BCUT2D eigenvalue weighted by Crippen LogP contribution is -2.18. The second-order valence-corrected chi connectivity index (χ2v) is 9.85. The lowest BCUT2D eigenvalue weighted by Gasteiger charge is -2.17. The van der Waals surface area contributed by atoms with Crippen molar-refractivity contribution in [2.75, 3.05) is 40.5 Å². The maximum Gasteiger partial charge on any atom is 0.218 e. The Hall–Kier alpha value is -3.38. The summed E-state index contributed by atoms with van der Waals surface area (Å²) in [5.74, 6) is -0.897. The fourth-order valence-corrected chi connectivity index (χ4v) is 5.11. The summed E-state index contributed by atoms with van der Waals surface area (Å²) in [6, 6.07) is 12.2. The first-order valence-electron chi connectivity index (χ1n) is 13.0. The maximum absolute atomic E-state index is 15.4. The average Bonchev–Trinajstić information content (AvgIpc) is 2.99. The van der Waals surface area contributed by atoms with Gasteiger partial charge in [0.1, 0.15) is 11.6 Å². The maximum atomic E-state index is 15.4. The number of aliphatic hydroxyl groups is 2. The lowest BCUT2D eigenvalue weighted by molar-refractivity contribution is 0.291. The zero-order valence-corrected chi connectivity index (χ0v) is 24.5. The molecule has 4 rings (SSSR count). The third kappa shape index (κ3) is 6.81. The Labute approximate surface area is 252 Å². The minimum absolute atomic E-state index is 0.0140. The molecule has 0 amide bonds. The van der Waals surface area contributed by atoms with E-state index in [-0.39, 0.29) is 34.4 Å². The van der Waals surface area contributed by atoms with Crippen LogP contribution in [-0.4, -0.2) is 60.7 Å². The van der Waals surface area contributed by atoms with Gasteiger partial charge in [0.05, 0.1) is 48.9 Å². The van der Waals surface area contributed by atoms with Crippen LogP contribution < -0.4 is 20.1 Å². The highest BCUT2D eigenvalue weighted by Crippen LogP contribution is 2.45. The van der Waals surface area contributed by atoms with Crippen molar-refractivity contribution in [2.45, 2.75) is 13.1 Å². The van der Waals surface area contributed by atoms with Gasteiger partial charge in [-0.1, -0.05) is 35.3 Å². The van der Waals surface area contributed by atoms with Crippen LogP contribution in [0.15, 0.2) is 48.5 Å². The summed E-state index contributed by atoms with van der Waals surface area (Å²) in [6.07, 6.45) is 0. The predicted molar refractivity (Wildman–Crippen MR) is 159 cm³/mol. The van der Waals surface area contributed by atoms with Crippen molar-refractivity contribution in [3.8, 4) is 45.4 Å². The molecule has 8 nitrogen and oxygen atoms in total. The molecule has 0 saturated heterocycles. The molecule has 2 aromatic carbocycles. The third-order valence-corrected chi connectivity index (χ3v) is 7.24. The fraction of sp³-hybridized carbons (Fsp3) is 0.267. The number of benzene rings is 2.